The average molecular weight is 1200 g/mol. The molecule has 0 N–H and O–H groups in total. The molecule has 2 fully saturated rings. The zero-order valence-corrected chi connectivity index (χ0v) is 50.9. The lowest BCUT2D eigenvalue weighted by Gasteiger charge is -2.52. The molecular weight excluding hydrogens is 1170 g/mol. The molecule has 28 aromatic rings. The molecule has 96 heavy (non-hydrogen) atoms. The van der Waals surface area contributed by atoms with Crippen molar-refractivity contribution in [2.45, 2.75) is 47.0 Å². The van der Waals surface area contributed by atoms with Crippen LogP contribution in [0.2, 0.25) is 0 Å². The number of hydrogen-bond acceptors (Lipinski definition) is 4. The zero-order chi connectivity index (χ0) is 58.8. The highest BCUT2D eigenvalue weighted by Crippen LogP contribution is 2.90. The molecule has 0 radical (unpaired) electrons. The SMILES string of the molecule is CN1CC23c4c5c6c7c8c9c%10c%11c%12c2c2c4c4c%13c5c5c%14c%15c%16c%17c%18c%19c%20c%21c%22c%23c(c%14c%13c%13c%23c%14c%22c%22c%20c%20c%23c%19c(c%17c8c%16c65)c9c%23c%11c5c%12c6c2c(c4%13)c%14c6c%22c5%20)C%152[C@@H](c4ccc(cc4)OCc4ccc(cc4)-c4ccc(cc4)COc4ccc(cc4)[C@H]1C7%103)N(C)CC%18%212. The van der Waals surface area contributed by atoms with Gasteiger partial charge in [0.05, 0.1) is 21.7 Å². The van der Waals surface area contributed by atoms with Crippen molar-refractivity contribution in [3.8, 4) is 22.6 Å². The summed E-state index contributed by atoms with van der Waals surface area (Å²) in [6.07, 6.45) is 0. The fourth-order valence-electron chi connectivity index (χ4n) is 32.0. The van der Waals surface area contributed by atoms with Gasteiger partial charge in [-0.05, 0) is 375 Å². The summed E-state index contributed by atoms with van der Waals surface area (Å²) in [6, 6.07) is 37.8. The summed E-state index contributed by atoms with van der Waals surface area (Å²) in [4.78, 5) is 5.92. The summed E-state index contributed by atoms with van der Waals surface area (Å²) >= 11 is 0. The van der Waals surface area contributed by atoms with Crippen LogP contribution >= 0.6 is 0 Å². The summed E-state index contributed by atoms with van der Waals surface area (Å²) in [7, 11) is 5.17. The third-order valence-electron chi connectivity index (χ3n) is 32.7. The number of ether oxygens (including phenoxy) is 2. The molecule has 422 valence electrons. The van der Waals surface area contributed by atoms with E-state index in [4.69, 9.17) is 9.47 Å². The minimum absolute atomic E-state index is 0.0587. The summed E-state index contributed by atoms with van der Waals surface area (Å²) in [5.41, 5.74) is 20.0. The lowest BCUT2D eigenvalue weighted by atomic mass is 9.47. The molecule has 12 heterocycles. The van der Waals surface area contributed by atoms with Crippen molar-refractivity contribution < 1.29 is 9.47 Å². The number of nitrogens with zero attached hydrogens (tertiary/aromatic N) is 2. The smallest absolute Gasteiger partial charge is 0.119 e. The first kappa shape index (κ1) is 40.4. The van der Waals surface area contributed by atoms with E-state index in [-0.39, 0.29) is 22.9 Å². The van der Waals surface area contributed by atoms with Gasteiger partial charge in [0.25, 0.3) is 0 Å². The van der Waals surface area contributed by atoms with Crippen LogP contribution in [0.3, 0.4) is 0 Å². The molecule has 20 aliphatic rings. The van der Waals surface area contributed by atoms with Crippen LogP contribution in [-0.2, 0) is 34.9 Å². The van der Waals surface area contributed by atoms with Gasteiger partial charge in [-0.1, -0.05) is 72.8 Å². The Morgan fingerprint density at radius 3 is 0.656 bits per heavy atom. The van der Waals surface area contributed by atoms with Gasteiger partial charge in [-0.15, -0.1) is 0 Å². The van der Waals surface area contributed by atoms with Gasteiger partial charge in [-0.3, -0.25) is 9.80 Å². The molecule has 48 rings (SSSR count). The average Bonchev–Trinajstić information content (AvgIpc) is 1.37. The topological polar surface area (TPSA) is 24.9 Å². The normalized spacial score (nSPS) is 26.1. The Labute approximate surface area is 535 Å². The molecule has 4 spiro atoms. The minimum atomic E-state index is -0.425. The first-order chi connectivity index (χ1) is 47.6. The highest BCUT2D eigenvalue weighted by molar-refractivity contribution is 6.77. The zero-order valence-electron chi connectivity index (χ0n) is 50.9. The van der Waals surface area contributed by atoms with Crippen LogP contribution in [0.5, 0.6) is 11.5 Å². The number of likely N-dealkylation sites (N-methyl/N-ethyl adjacent to an activating group) is 2. The predicted octanol–water partition coefficient (Wildman–Crippen LogP) is 21.4. The largest absolute Gasteiger partial charge is 0.489 e. The van der Waals surface area contributed by atoms with E-state index in [0.717, 1.165) is 24.6 Å². The van der Waals surface area contributed by atoms with Crippen LogP contribution in [0.4, 0.5) is 0 Å². The fraction of sp³-hybridized carbons (Fsp3) is 0.130. The third kappa shape index (κ3) is 2.57. The van der Waals surface area contributed by atoms with E-state index in [1.807, 2.05) is 0 Å². The van der Waals surface area contributed by atoms with Gasteiger partial charge in [-0.2, -0.15) is 0 Å². The summed E-state index contributed by atoms with van der Waals surface area (Å²) in [5, 5.41) is 79.8. The van der Waals surface area contributed by atoms with E-state index in [9.17, 15) is 0 Å². The maximum atomic E-state index is 6.91. The number of hydrogen-bond donors (Lipinski definition) is 0. The van der Waals surface area contributed by atoms with Gasteiger partial charge in [0, 0.05) is 25.2 Å². The minimum Gasteiger partial charge on any atom is -0.489 e. The molecule has 12 aliphatic heterocycles. The number of rotatable bonds is 0. The molecule has 20 bridgehead atoms. The van der Waals surface area contributed by atoms with Crippen molar-refractivity contribution in [2.75, 3.05) is 27.2 Å². The first-order valence-electron chi connectivity index (χ1n) is 35.6. The van der Waals surface area contributed by atoms with E-state index in [1.54, 1.807) is 303 Å². The van der Waals surface area contributed by atoms with Crippen molar-refractivity contribution in [3.63, 3.8) is 0 Å². The van der Waals surface area contributed by atoms with Crippen LogP contribution in [0.25, 0.3) is 270 Å². The Hall–Kier alpha value is -10.9. The van der Waals surface area contributed by atoms with Crippen molar-refractivity contribution in [2.24, 2.45) is 0 Å². The molecule has 4 unspecified atom stereocenters. The molecule has 6 atom stereocenters. The third-order valence-corrected chi connectivity index (χ3v) is 32.7. The number of benzene rings is 20. The molecule has 2 saturated heterocycles. The van der Waals surface area contributed by atoms with E-state index >= 15 is 0 Å². The van der Waals surface area contributed by atoms with Gasteiger partial charge in [0.15, 0.2) is 0 Å². The highest BCUT2D eigenvalue weighted by Gasteiger charge is 2.79. The monoisotopic (exact) mass is 1200 g/mol. The Bertz CT molecular complexity index is 8490. The second-order valence-electron chi connectivity index (χ2n) is 34.2. The van der Waals surface area contributed by atoms with Crippen molar-refractivity contribution >= 4 is 259 Å². The van der Waals surface area contributed by atoms with Crippen molar-refractivity contribution in [3.05, 3.63) is 164 Å². The van der Waals surface area contributed by atoms with Crippen LogP contribution in [0.15, 0.2) is 97.1 Å². The first-order valence-corrected chi connectivity index (χ1v) is 35.6. The van der Waals surface area contributed by atoms with Gasteiger partial charge in [-0.25, -0.2) is 0 Å². The lowest BCUT2D eigenvalue weighted by Crippen LogP contribution is -2.52. The molecule has 8 aliphatic carbocycles. The quantitative estimate of drug-likeness (QED) is 0.141. The van der Waals surface area contributed by atoms with Crippen LogP contribution < -0.4 is 9.47 Å². The molecule has 0 aromatic heterocycles. The number of fused-ring (bicyclic) bond motifs is 1. The molecule has 0 saturated carbocycles. The molecular formula is C92H32N2O2. The van der Waals surface area contributed by atoms with Gasteiger partial charge < -0.3 is 9.47 Å². The lowest BCUT2D eigenvalue weighted by molar-refractivity contribution is 0.270. The highest BCUT2D eigenvalue weighted by atomic mass is 16.5. The van der Waals surface area contributed by atoms with Crippen molar-refractivity contribution in [1.82, 2.24) is 9.80 Å². The van der Waals surface area contributed by atoms with E-state index < -0.39 is 10.8 Å². The second kappa shape index (κ2) is 10.2. The van der Waals surface area contributed by atoms with Crippen LogP contribution in [-0.4, -0.2) is 37.0 Å². The van der Waals surface area contributed by atoms with E-state index in [0.29, 0.717) is 13.2 Å². The molecule has 4 heteroatoms. The van der Waals surface area contributed by atoms with Crippen LogP contribution in [0, 0.1) is 0 Å². The van der Waals surface area contributed by atoms with Crippen LogP contribution in [0.1, 0.15) is 78.8 Å². The second-order valence-corrected chi connectivity index (χ2v) is 34.2. The summed E-state index contributed by atoms with van der Waals surface area (Å²) < 4.78 is 13.8. The van der Waals surface area contributed by atoms with Gasteiger partial charge >= 0.3 is 0 Å². The Morgan fingerprint density at radius 2 is 0.438 bits per heavy atom. The summed E-state index contributed by atoms with van der Waals surface area (Å²) in [6.45, 7) is 3.00. The van der Waals surface area contributed by atoms with E-state index in [2.05, 4.69) is 121 Å². The predicted molar refractivity (Wildman–Crippen MR) is 391 cm³/mol. The maximum Gasteiger partial charge on any atom is 0.119 e. The standard InChI is InChI=1S/C92H32N2O2/c1-93-21-89-79-63-47-35-33-31-32-34-36-38-43-53-41(34)51(39(31)47)67(79)71(53)83-75-55(43)46-50(38)66-64-48(36)40(32)52-42(33)54-44-37(35)49-45-56(44)76-78-60-57(45)69(81(89)65(49)63)73-61(60)62-59-58(46)70-74(62)86(78)92-84(76)72(54)68(52)80(64)90(92,82(66)70)22-94(2)88(92)28-13-17-30(18-14-28)96-20-24-5-9-26(10-6-24)25-7-3-23(4-8-25)19-95-29-15-11-27(12-16-29)87(93)91(83,89)85(73)77(59)75/h3-18,87-88H,19-22H2,1-2H3/t87-,88+,89?,90?,91?,92?. The molecule has 28 aromatic carbocycles. The number of likely N-dealkylation sites (tertiary alicyclic amines) is 2. The fourth-order valence-corrected chi connectivity index (χ4v) is 32.0. The molecule has 4 nitrogen and oxygen atoms in total. The van der Waals surface area contributed by atoms with Gasteiger partial charge in [0.2, 0.25) is 0 Å². The Morgan fingerprint density at radius 1 is 0.240 bits per heavy atom. The van der Waals surface area contributed by atoms with Gasteiger partial charge in [0.1, 0.15) is 24.7 Å². The molecule has 0 amide bonds. The van der Waals surface area contributed by atoms with Crippen molar-refractivity contribution in [1.29, 1.82) is 0 Å². The summed E-state index contributed by atoms with van der Waals surface area (Å²) in [5.74, 6) is 1.87. The maximum absolute atomic E-state index is 6.91. The Balaban J connectivity index is 0.856. The van der Waals surface area contributed by atoms with E-state index in [1.165, 1.54) is 33.4 Å². The Kier molecular flexibility index (Phi) is 4.28.